The topological polar surface area (TPSA) is 27.0 Å². The quantitative estimate of drug-likeness (QED) is 0.493. The number of nitriles is 1. The molecule has 10 heavy (non-hydrogen) atoms. The molecule has 0 aromatic carbocycles. The monoisotopic (exact) mass is 136 g/mol. The van der Waals surface area contributed by atoms with Crippen LogP contribution in [0.25, 0.3) is 0 Å². The van der Waals surface area contributed by atoms with Gasteiger partial charge in [0, 0.05) is 6.04 Å². The molecular weight excluding hydrogens is 124 g/mol. The number of hydrogen-bond acceptors (Lipinski definition) is 2. The smallest absolute Gasteiger partial charge is 0.0981 e. The van der Waals surface area contributed by atoms with Gasteiger partial charge in [0.1, 0.15) is 0 Å². The van der Waals surface area contributed by atoms with Crippen LogP contribution in [0.15, 0.2) is 0 Å². The second-order valence-electron chi connectivity index (χ2n) is 3.56. The van der Waals surface area contributed by atoms with Gasteiger partial charge in [0.2, 0.25) is 0 Å². The van der Waals surface area contributed by atoms with Crippen LogP contribution in [0, 0.1) is 23.2 Å². The number of nitrogens with zero attached hydrogens (tertiary/aromatic N) is 2. The average molecular weight is 136 g/mol. The van der Waals surface area contributed by atoms with Crippen molar-refractivity contribution in [3.05, 3.63) is 0 Å². The fraction of sp³-hybridized carbons (Fsp3) is 0.875. The molecular formula is C8H12N2. The van der Waals surface area contributed by atoms with Crippen molar-refractivity contribution in [1.29, 1.82) is 5.26 Å². The molecule has 0 bridgehead atoms. The molecule has 0 N–H and O–H groups in total. The van der Waals surface area contributed by atoms with E-state index in [-0.39, 0.29) is 6.04 Å². The van der Waals surface area contributed by atoms with Gasteiger partial charge in [0.15, 0.2) is 0 Å². The third kappa shape index (κ3) is 0.564. The summed E-state index contributed by atoms with van der Waals surface area (Å²) in [6.45, 7) is 2.28. The highest BCUT2D eigenvalue weighted by Crippen LogP contribution is 2.51. The lowest BCUT2D eigenvalue weighted by Crippen LogP contribution is -2.28. The van der Waals surface area contributed by atoms with E-state index in [9.17, 15) is 0 Å². The van der Waals surface area contributed by atoms with E-state index in [4.69, 9.17) is 5.26 Å². The Morgan fingerprint density at radius 1 is 1.60 bits per heavy atom. The van der Waals surface area contributed by atoms with Gasteiger partial charge < -0.3 is 0 Å². The van der Waals surface area contributed by atoms with E-state index >= 15 is 0 Å². The van der Waals surface area contributed by atoms with Gasteiger partial charge >= 0.3 is 0 Å². The third-order valence-corrected chi connectivity index (χ3v) is 3.12. The van der Waals surface area contributed by atoms with Crippen molar-refractivity contribution in [2.45, 2.75) is 25.4 Å². The Labute approximate surface area is 61.4 Å². The van der Waals surface area contributed by atoms with Crippen molar-refractivity contribution < 1.29 is 0 Å². The van der Waals surface area contributed by atoms with Crippen molar-refractivity contribution in [3.63, 3.8) is 0 Å². The van der Waals surface area contributed by atoms with Gasteiger partial charge in [-0.1, -0.05) is 6.92 Å². The minimum atomic E-state index is 0.214. The minimum absolute atomic E-state index is 0.214. The van der Waals surface area contributed by atoms with Gasteiger partial charge in [0.05, 0.1) is 12.1 Å². The van der Waals surface area contributed by atoms with Crippen LogP contribution >= 0.6 is 0 Å². The zero-order chi connectivity index (χ0) is 7.30. The van der Waals surface area contributed by atoms with Gasteiger partial charge in [0.25, 0.3) is 0 Å². The van der Waals surface area contributed by atoms with E-state index in [0.29, 0.717) is 0 Å². The van der Waals surface area contributed by atoms with Crippen molar-refractivity contribution in [1.82, 2.24) is 4.90 Å². The molecule has 2 unspecified atom stereocenters. The fourth-order valence-electron chi connectivity index (χ4n) is 2.32. The van der Waals surface area contributed by atoms with Gasteiger partial charge in [-0.15, -0.1) is 0 Å². The Morgan fingerprint density at radius 2 is 2.30 bits per heavy atom. The van der Waals surface area contributed by atoms with Gasteiger partial charge in [-0.3, -0.25) is 4.90 Å². The second-order valence-corrected chi connectivity index (χ2v) is 3.56. The molecule has 2 nitrogen and oxygen atoms in total. The predicted octanol–water partition coefficient (Wildman–Crippen LogP) is 0.849. The molecule has 0 spiro atoms. The van der Waals surface area contributed by atoms with Crippen LogP contribution in [0.5, 0.6) is 0 Å². The highest BCUT2D eigenvalue weighted by molar-refractivity contribution is 5.14. The summed E-state index contributed by atoms with van der Waals surface area (Å²) in [5, 5.41) is 8.67. The first kappa shape index (κ1) is 6.18. The standard InChI is InChI=1S/C8H12N2/c1-5-7-3-6(4-9)10(2)8(5)7/h5-8H,3H2,1-2H3/t5-,6-,7?,8?/m0/s1. The Kier molecular flexibility index (Phi) is 1.07. The molecule has 1 aliphatic carbocycles. The zero-order valence-electron chi connectivity index (χ0n) is 6.41. The van der Waals surface area contributed by atoms with Gasteiger partial charge in [-0.2, -0.15) is 5.26 Å². The molecule has 54 valence electrons. The molecule has 2 heteroatoms. The minimum Gasteiger partial charge on any atom is -0.288 e. The van der Waals surface area contributed by atoms with Crippen LogP contribution < -0.4 is 0 Å². The maximum absolute atomic E-state index is 8.67. The molecule has 2 rings (SSSR count). The Bertz CT molecular complexity index is 194. The second kappa shape index (κ2) is 1.73. The number of piperidine rings is 1. The van der Waals surface area contributed by atoms with Crippen LogP contribution in [0.3, 0.4) is 0 Å². The van der Waals surface area contributed by atoms with Crippen LogP contribution in [-0.2, 0) is 0 Å². The summed E-state index contributed by atoms with van der Waals surface area (Å²) in [5.74, 6) is 1.70. The average Bonchev–Trinajstić information content (AvgIpc) is 2.38. The zero-order valence-corrected chi connectivity index (χ0v) is 6.41. The molecule has 1 saturated heterocycles. The number of rotatable bonds is 0. The summed E-state index contributed by atoms with van der Waals surface area (Å²) in [6.07, 6.45) is 1.11. The van der Waals surface area contributed by atoms with Crippen molar-refractivity contribution in [2.24, 2.45) is 11.8 Å². The fourth-order valence-corrected chi connectivity index (χ4v) is 2.32. The maximum atomic E-state index is 8.67. The van der Waals surface area contributed by atoms with Gasteiger partial charge in [-0.05, 0) is 25.3 Å². The molecule has 0 aromatic rings. The SMILES string of the molecule is C[C@H]1C2C[C@@H](C#N)N(C)C21. The first-order valence-corrected chi connectivity index (χ1v) is 3.87. The molecule has 1 heterocycles. The summed E-state index contributed by atoms with van der Waals surface area (Å²) in [6, 6.07) is 3.28. The van der Waals surface area contributed by atoms with Crippen LogP contribution in [0.2, 0.25) is 0 Å². The molecule has 0 amide bonds. The normalized spacial score (nSPS) is 52.1. The molecule has 1 saturated carbocycles. The molecule has 0 radical (unpaired) electrons. The Hall–Kier alpha value is -0.550. The highest BCUT2D eigenvalue weighted by atomic mass is 15.2. The van der Waals surface area contributed by atoms with Crippen molar-refractivity contribution in [3.8, 4) is 6.07 Å². The first-order valence-electron chi connectivity index (χ1n) is 3.87. The van der Waals surface area contributed by atoms with Crippen molar-refractivity contribution in [2.75, 3.05) is 7.05 Å². The summed E-state index contributed by atoms with van der Waals surface area (Å²) < 4.78 is 0. The third-order valence-electron chi connectivity index (χ3n) is 3.12. The van der Waals surface area contributed by atoms with Crippen LogP contribution in [0.1, 0.15) is 13.3 Å². The first-order chi connectivity index (χ1) is 4.75. The molecule has 2 fully saturated rings. The van der Waals surface area contributed by atoms with E-state index in [1.165, 1.54) is 0 Å². The summed E-state index contributed by atoms with van der Waals surface area (Å²) in [7, 11) is 2.07. The lowest BCUT2D eigenvalue weighted by Gasteiger charge is -2.16. The van der Waals surface area contributed by atoms with E-state index < -0.39 is 0 Å². The van der Waals surface area contributed by atoms with Crippen LogP contribution in [-0.4, -0.2) is 24.0 Å². The maximum Gasteiger partial charge on any atom is 0.0981 e. The molecule has 2 aliphatic rings. The lowest BCUT2D eigenvalue weighted by atomic mass is 10.1. The predicted molar refractivity (Wildman–Crippen MR) is 38.2 cm³/mol. The summed E-state index contributed by atoms with van der Waals surface area (Å²) in [5.41, 5.74) is 0. The number of fused-ring (bicyclic) bond motifs is 1. The van der Waals surface area contributed by atoms with Crippen molar-refractivity contribution >= 4 is 0 Å². The van der Waals surface area contributed by atoms with Crippen LogP contribution in [0.4, 0.5) is 0 Å². The van der Waals surface area contributed by atoms with E-state index in [1.807, 2.05) is 0 Å². The number of hydrogen-bond donors (Lipinski definition) is 0. The van der Waals surface area contributed by atoms with E-state index in [1.54, 1.807) is 0 Å². The van der Waals surface area contributed by atoms with E-state index in [2.05, 4.69) is 24.9 Å². The van der Waals surface area contributed by atoms with E-state index in [0.717, 1.165) is 24.3 Å². The Morgan fingerprint density at radius 3 is 2.70 bits per heavy atom. The summed E-state index contributed by atoms with van der Waals surface area (Å²) in [4.78, 5) is 2.23. The van der Waals surface area contributed by atoms with Gasteiger partial charge in [-0.25, -0.2) is 0 Å². The lowest BCUT2D eigenvalue weighted by molar-refractivity contribution is 0.295. The summed E-state index contributed by atoms with van der Waals surface area (Å²) >= 11 is 0. The largest absolute Gasteiger partial charge is 0.288 e. The molecule has 1 aliphatic heterocycles. The Balaban J connectivity index is 2.08. The highest BCUT2D eigenvalue weighted by Gasteiger charge is 2.56. The number of likely N-dealkylation sites (tertiary alicyclic amines) is 1. The molecule has 4 atom stereocenters. The molecule has 0 aromatic heterocycles.